The number of anilines is 1. The molecule has 0 aromatic carbocycles. The third-order valence-electron chi connectivity index (χ3n) is 3.38. The van der Waals surface area contributed by atoms with Gasteiger partial charge in [-0.25, -0.2) is 14.3 Å². The van der Waals surface area contributed by atoms with Crippen LogP contribution in [-0.4, -0.2) is 44.4 Å². The van der Waals surface area contributed by atoms with E-state index in [-0.39, 0.29) is 0 Å². The van der Waals surface area contributed by atoms with Crippen molar-refractivity contribution in [2.24, 2.45) is 0 Å². The van der Waals surface area contributed by atoms with Gasteiger partial charge >= 0.3 is 5.97 Å². The zero-order chi connectivity index (χ0) is 13.3. The van der Waals surface area contributed by atoms with E-state index in [0.29, 0.717) is 37.5 Å². The van der Waals surface area contributed by atoms with Crippen LogP contribution in [0, 0.1) is 0 Å². The zero-order valence-electron chi connectivity index (χ0n) is 10.2. The van der Waals surface area contributed by atoms with Gasteiger partial charge in [0, 0.05) is 38.3 Å². The first kappa shape index (κ1) is 11.9. The van der Waals surface area contributed by atoms with Gasteiger partial charge in [0.15, 0.2) is 5.65 Å². The van der Waals surface area contributed by atoms with Crippen LogP contribution in [0.2, 0.25) is 0 Å². The highest BCUT2D eigenvalue weighted by Crippen LogP contribution is 2.25. The summed E-state index contributed by atoms with van der Waals surface area (Å²) < 4.78 is 6.86. The van der Waals surface area contributed by atoms with Crippen molar-refractivity contribution < 1.29 is 14.6 Å². The van der Waals surface area contributed by atoms with Gasteiger partial charge < -0.3 is 15.2 Å². The van der Waals surface area contributed by atoms with E-state index in [1.807, 2.05) is 0 Å². The monoisotopic (exact) mass is 262 g/mol. The molecular formula is C12H14N4O3. The predicted octanol–water partition coefficient (Wildman–Crippen LogP) is 0.775. The van der Waals surface area contributed by atoms with Gasteiger partial charge in [0.2, 0.25) is 0 Å². The summed E-state index contributed by atoms with van der Waals surface area (Å²) in [5.41, 5.74) is -0.318. The molecule has 2 aromatic heterocycles. The first-order valence-corrected chi connectivity index (χ1v) is 6.09. The van der Waals surface area contributed by atoms with Crippen molar-refractivity contribution in [3.8, 4) is 0 Å². The second-order valence-corrected chi connectivity index (χ2v) is 4.57. The Kier molecular flexibility index (Phi) is 2.83. The lowest BCUT2D eigenvalue weighted by Gasteiger charge is -2.34. The number of carboxylic acid groups (broad SMARTS) is 1. The Morgan fingerprint density at radius 1 is 1.42 bits per heavy atom. The smallest absolute Gasteiger partial charge is 0.329 e. The van der Waals surface area contributed by atoms with Crippen LogP contribution in [0.25, 0.3) is 5.65 Å². The fourth-order valence-electron chi connectivity index (χ4n) is 2.24. The number of aromatic nitrogens is 3. The Labute approximate surface area is 109 Å². The van der Waals surface area contributed by atoms with E-state index in [1.165, 1.54) is 0 Å². The molecule has 1 fully saturated rings. The van der Waals surface area contributed by atoms with E-state index in [4.69, 9.17) is 4.74 Å². The van der Waals surface area contributed by atoms with Gasteiger partial charge in [-0.3, -0.25) is 0 Å². The standard InChI is InChI=1S/C12H14N4O3/c17-11(18)12(3-7-19-8-4-12)15-9-2-6-16-10(14-9)1-5-13-16/h1-2,5-6H,3-4,7-8H2,(H,14,15)(H,17,18). The number of nitrogens with zero attached hydrogens (tertiary/aromatic N) is 3. The summed E-state index contributed by atoms with van der Waals surface area (Å²) in [6, 6.07) is 3.49. The third kappa shape index (κ3) is 2.12. The number of hydrogen-bond donors (Lipinski definition) is 2. The molecule has 0 aliphatic carbocycles. The highest BCUT2D eigenvalue weighted by Gasteiger charge is 2.40. The van der Waals surface area contributed by atoms with Crippen LogP contribution in [0.15, 0.2) is 24.5 Å². The van der Waals surface area contributed by atoms with Crippen LogP contribution in [0.3, 0.4) is 0 Å². The van der Waals surface area contributed by atoms with Gasteiger partial charge in [0.25, 0.3) is 0 Å². The molecule has 19 heavy (non-hydrogen) atoms. The van der Waals surface area contributed by atoms with Crippen LogP contribution in [0.5, 0.6) is 0 Å². The summed E-state index contributed by atoms with van der Waals surface area (Å²) in [4.78, 5) is 15.9. The van der Waals surface area contributed by atoms with Crippen molar-refractivity contribution in [2.45, 2.75) is 18.4 Å². The fraction of sp³-hybridized carbons (Fsp3) is 0.417. The molecule has 1 saturated heterocycles. The predicted molar refractivity (Wildman–Crippen MR) is 67.0 cm³/mol. The molecule has 0 saturated carbocycles. The normalized spacial score (nSPS) is 18.3. The van der Waals surface area contributed by atoms with Crippen LogP contribution >= 0.6 is 0 Å². The summed E-state index contributed by atoms with van der Waals surface area (Å²) in [6.45, 7) is 0.877. The molecule has 1 aliphatic rings. The van der Waals surface area contributed by atoms with Gasteiger partial charge in [0.1, 0.15) is 11.4 Å². The molecular weight excluding hydrogens is 248 g/mol. The maximum absolute atomic E-state index is 11.5. The lowest BCUT2D eigenvalue weighted by atomic mass is 9.90. The first-order chi connectivity index (χ1) is 9.20. The molecule has 0 atom stereocenters. The van der Waals surface area contributed by atoms with E-state index in [9.17, 15) is 9.90 Å². The Morgan fingerprint density at radius 2 is 2.21 bits per heavy atom. The Bertz CT molecular complexity index is 604. The highest BCUT2D eigenvalue weighted by atomic mass is 16.5. The van der Waals surface area contributed by atoms with Gasteiger partial charge in [-0.15, -0.1) is 0 Å². The van der Waals surface area contributed by atoms with Crippen molar-refractivity contribution in [1.82, 2.24) is 14.6 Å². The van der Waals surface area contributed by atoms with Crippen LogP contribution in [-0.2, 0) is 9.53 Å². The number of hydrogen-bond acceptors (Lipinski definition) is 5. The average Bonchev–Trinajstić information content (AvgIpc) is 2.87. The van der Waals surface area contributed by atoms with Crippen molar-refractivity contribution in [1.29, 1.82) is 0 Å². The number of carbonyl (C=O) groups is 1. The van der Waals surface area contributed by atoms with Crippen molar-refractivity contribution in [3.63, 3.8) is 0 Å². The highest BCUT2D eigenvalue weighted by molar-refractivity contribution is 5.82. The quantitative estimate of drug-likeness (QED) is 0.849. The average molecular weight is 262 g/mol. The number of rotatable bonds is 3. The second-order valence-electron chi connectivity index (χ2n) is 4.57. The minimum atomic E-state index is -0.996. The zero-order valence-corrected chi connectivity index (χ0v) is 10.2. The van der Waals surface area contributed by atoms with Crippen LogP contribution < -0.4 is 5.32 Å². The minimum absolute atomic E-state index is 0.425. The summed E-state index contributed by atoms with van der Waals surface area (Å²) in [5, 5.41) is 16.6. The summed E-state index contributed by atoms with van der Waals surface area (Å²) in [7, 11) is 0. The SMILES string of the molecule is O=C(O)C1(Nc2ccn3nccc3n2)CCOCC1. The Morgan fingerprint density at radius 3 is 2.95 bits per heavy atom. The first-order valence-electron chi connectivity index (χ1n) is 6.09. The Balaban J connectivity index is 1.90. The van der Waals surface area contributed by atoms with E-state index in [1.54, 1.807) is 29.0 Å². The molecule has 0 unspecified atom stereocenters. The lowest BCUT2D eigenvalue weighted by Crippen LogP contribution is -2.50. The van der Waals surface area contributed by atoms with Gasteiger partial charge in [0.05, 0.1) is 6.20 Å². The van der Waals surface area contributed by atoms with Crippen molar-refractivity contribution in [3.05, 3.63) is 24.5 Å². The molecule has 0 amide bonds. The number of aliphatic carboxylic acids is 1. The summed E-state index contributed by atoms with van der Waals surface area (Å²) >= 11 is 0. The van der Waals surface area contributed by atoms with Crippen LogP contribution in [0.1, 0.15) is 12.8 Å². The van der Waals surface area contributed by atoms with E-state index < -0.39 is 11.5 Å². The molecule has 0 radical (unpaired) electrons. The molecule has 100 valence electrons. The summed E-state index contributed by atoms with van der Waals surface area (Å²) in [6.07, 6.45) is 4.25. The molecule has 2 N–H and O–H groups in total. The third-order valence-corrected chi connectivity index (χ3v) is 3.38. The van der Waals surface area contributed by atoms with Crippen molar-refractivity contribution >= 4 is 17.4 Å². The van der Waals surface area contributed by atoms with Gasteiger partial charge in [-0.2, -0.15) is 5.10 Å². The topological polar surface area (TPSA) is 88.8 Å². The van der Waals surface area contributed by atoms with Gasteiger partial charge in [-0.05, 0) is 6.07 Å². The minimum Gasteiger partial charge on any atom is -0.480 e. The molecule has 1 aliphatic heterocycles. The largest absolute Gasteiger partial charge is 0.480 e. The molecule has 3 heterocycles. The fourth-order valence-corrected chi connectivity index (χ4v) is 2.24. The second kappa shape index (κ2) is 4.51. The summed E-state index contributed by atoms with van der Waals surface area (Å²) in [5.74, 6) is -0.330. The van der Waals surface area contributed by atoms with E-state index in [0.717, 1.165) is 0 Å². The lowest BCUT2D eigenvalue weighted by molar-refractivity contribution is -0.145. The van der Waals surface area contributed by atoms with Gasteiger partial charge in [-0.1, -0.05) is 0 Å². The maximum Gasteiger partial charge on any atom is 0.329 e. The molecule has 7 heteroatoms. The molecule has 7 nitrogen and oxygen atoms in total. The van der Waals surface area contributed by atoms with Crippen LogP contribution in [0.4, 0.5) is 5.82 Å². The molecule has 2 aromatic rings. The molecule has 0 spiro atoms. The van der Waals surface area contributed by atoms with E-state index >= 15 is 0 Å². The number of carboxylic acids is 1. The number of fused-ring (bicyclic) bond motifs is 1. The number of nitrogens with one attached hydrogen (secondary N) is 1. The molecule has 3 rings (SSSR count). The molecule has 0 bridgehead atoms. The van der Waals surface area contributed by atoms with Crippen molar-refractivity contribution in [2.75, 3.05) is 18.5 Å². The number of ether oxygens (including phenoxy) is 1. The maximum atomic E-state index is 11.5. The van der Waals surface area contributed by atoms with E-state index in [2.05, 4.69) is 15.4 Å². The Hall–Kier alpha value is -2.15.